The van der Waals surface area contributed by atoms with E-state index in [1.165, 1.54) is 24.3 Å². The molecule has 0 amide bonds. The first-order chi connectivity index (χ1) is 7.78. The van der Waals surface area contributed by atoms with E-state index < -0.39 is 16.0 Å². The maximum absolute atomic E-state index is 11.5. The second-order valence-electron chi connectivity index (χ2n) is 3.91. The smallest absolute Gasteiger partial charge is 0.338 e. The summed E-state index contributed by atoms with van der Waals surface area (Å²) < 4.78 is 29.2. The van der Waals surface area contributed by atoms with Crippen molar-refractivity contribution in [1.82, 2.24) is 0 Å². The standard InChI is InChI=1S/C11H15NO4S/c1-8(2)16-11(13)9-4-6-10(7-5-9)12-17(3,14)15/h4-8,12H,1-3H3. The van der Waals surface area contributed by atoms with Gasteiger partial charge in [-0.05, 0) is 38.1 Å². The molecule has 1 aromatic rings. The predicted octanol–water partition coefficient (Wildman–Crippen LogP) is 1.62. The third kappa shape index (κ3) is 4.86. The van der Waals surface area contributed by atoms with Crippen LogP contribution >= 0.6 is 0 Å². The molecule has 0 unspecified atom stereocenters. The molecular formula is C11H15NO4S. The molecule has 0 saturated carbocycles. The van der Waals surface area contributed by atoms with Crippen LogP contribution < -0.4 is 4.72 Å². The minimum atomic E-state index is -3.30. The first-order valence-electron chi connectivity index (χ1n) is 5.07. The highest BCUT2D eigenvalue weighted by Gasteiger charge is 2.09. The van der Waals surface area contributed by atoms with Crippen LogP contribution in [0.25, 0.3) is 0 Å². The van der Waals surface area contributed by atoms with Crippen molar-refractivity contribution in [1.29, 1.82) is 0 Å². The van der Waals surface area contributed by atoms with Gasteiger partial charge in [-0.3, -0.25) is 4.72 Å². The van der Waals surface area contributed by atoms with Crippen molar-refractivity contribution >= 4 is 21.7 Å². The Hall–Kier alpha value is -1.56. The molecule has 1 aromatic carbocycles. The van der Waals surface area contributed by atoms with Gasteiger partial charge in [-0.1, -0.05) is 0 Å². The van der Waals surface area contributed by atoms with Gasteiger partial charge in [0.2, 0.25) is 10.0 Å². The van der Waals surface area contributed by atoms with Crippen LogP contribution in [0.3, 0.4) is 0 Å². The zero-order chi connectivity index (χ0) is 13.1. The Morgan fingerprint density at radius 3 is 2.18 bits per heavy atom. The zero-order valence-electron chi connectivity index (χ0n) is 9.93. The molecular weight excluding hydrogens is 242 g/mol. The van der Waals surface area contributed by atoms with Crippen LogP contribution in [0.2, 0.25) is 0 Å². The number of carbonyl (C=O) groups excluding carboxylic acids is 1. The summed E-state index contributed by atoms with van der Waals surface area (Å²) in [5.41, 5.74) is 0.798. The lowest BCUT2D eigenvalue weighted by atomic mass is 10.2. The average Bonchev–Trinajstić information content (AvgIpc) is 2.15. The predicted molar refractivity (Wildman–Crippen MR) is 65.5 cm³/mol. The third-order valence-corrected chi connectivity index (χ3v) is 2.37. The van der Waals surface area contributed by atoms with Gasteiger partial charge in [0.1, 0.15) is 0 Å². The Kier molecular flexibility index (Phi) is 4.11. The highest BCUT2D eigenvalue weighted by atomic mass is 32.2. The monoisotopic (exact) mass is 257 g/mol. The van der Waals surface area contributed by atoms with E-state index in [1.807, 2.05) is 0 Å². The van der Waals surface area contributed by atoms with Gasteiger partial charge in [0, 0.05) is 5.69 Å². The van der Waals surface area contributed by atoms with Crippen LogP contribution in [0.5, 0.6) is 0 Å². The Morgan fingerprint density at radius 1 is 1.24 bits per heavy atom. The molecule has 0 fully saturated rings. The van der Waals surface area contributed by atoms with Crippen molar-refractivity contribution in [3.8, 4) is 0 Å². The van der Waals surface area contributed by atoms with Gasteiger partial charge in [-0.15, -0.1) is 0 Å². The van der Waals surface area contributed by atoms with Crippen LogP contribution in [0.4, 0.5) is 5.69 Å². The molecule has 1 rings (SSSR count). The quantitative estimate of drug-likeness (QED) is 0.832. The molecule has 6 heteroatoms. The zero-order valence-corrected chi connectivity index (χ0v) is 10.7. The summed E-state index contributed by atoms with van der Waals surface area (Å²) in [6.07, 6.45) is 0.879. The minimum absolute atomic E-state index is 0.184. The van der Waals surface area contributed by atoms with Gasteiger partial charge in [0.05, 0.1) is 17.9 Å². The Bertz CT molecular complexity index is 491. The van der Waals surface area contributed by atoms with Crippen molar-refractivity contribution < 1.29 is 17.9 Å². The largest absolute Gasteiger partial charge is 0.459 e. The van der Waals surface area contributed by atoms with Crippen molar-refractivity contribution in [3.05, 3.63) is 29.8 Å². The molecule has 5 nitrogen and oxygen atoms in total. The molecule has 17 heavy (non-hydrogen) atoms. The number of hydrogen-bond donors (Lipinski definition) is 1. The highest BCUT2D eigenvalue weighted by Crippen LogP contribution is 2.12. The topological polar surface area (TPSA) is 72.5 Å². The number of nitrogens with one attached hydrogen (secondary N) is 1. The van der Waals surface area contributed by atoms with E-state index in [2.05, 4.69) is 4.72 Å². The van der Waals surface area contributed by atoms with E-state index in [0.29, 0.717) is 11.3 Å². The number of hydrogen-bond acceptors (Lipinski definition) is 4. The molecule has 0 heterocycles. The molecule has 0 aliphatic rings. The van der Waals surface area contributed by atoms with Crippen molar-refractivity contribution in [2.45, 2.75) is 20.0 Å². The summed E-state index contributed by atoms with van der Waals surface area (Å²) in [4.78, 5) is 11.5. The Labute approximate surface area is 101 Å². The van der Waals surface area contributed by atoms with E-state index >= 15 is 0 Å². The molecule has 0 saturated heterocycles. The fourth-order valence-electron chi connectivity index (χ4n) is 1.17. The van der Waals surface area contributed by atoms with Crippen LogP contribution in [-0.2, 0) is 14.8 Å². The number of sulfonamides is 1. The summed E-state index contributed by atoms with van der Waals surface area (Å²) in [5, 5.41) is 0. The van der Waals surface area contributed by atoms with Gasteiger partial charge in [0.15, 0.2) is 0 Å². The molecule has 0 bridgehead atoms. The molecule has 0 spiro atoms. The molecule has 0 aliphatic carbocycles. The molecule has 0 aliphatic heterocycles. The number of carbonyl (C=O) groups is 1. The molecule has 94 valence electrons. The Balaban J connectivity index is 2.78. The number of esters is 1. The van der Waals surface area contributed by atoms with Crippen molar-refractivity contribution in [3.63, 3.8) is 0 Å². The van der Waals surface area contributed by atoms with E-state index in [-0.39, 0.29) is 6.10 Å². The second-order valence-corrected chi connectivity index (χ2v) is 5.65. The van der Waals surface area contributed by atoms with Crippen LogP contribution in [-0.4, -0.2) is 26.7 Å². The van der Waals surface area contributed by atoms with Gasteiger partial charge in [-0.25, -0.2) is 13.2 Å². The first kappa shape index (κ1) is 13.5. The lowest BCUT2D eigenvalue weighted by Crippen LogP contribution is -2.12. The van der Waals surface area contributed by atoms with Crippen LogP contribution in [0, 0.1) is 0 Å². The maximum atomic E-state index is 11.5. The van der Waals surface area contributed by atoms with Gasteiger partial charge >= 0.3 is 5.97 Å². The summed E-state index contributed by atoms with van der Waals surface area (Å²) in [6.45, 7) is 3.52. The average molecular weight is 257 g/mol. The number of rotatable bonds is 4. The molecule has 0 aromatic heterocycles. The summed E-state index contributed by atoms with van der Waals surface area (Å²) >= 11 is 0. The van der Waals surface area contributed by atoms with Crippen LogP contribution in [0.15, 0.2) is 24.3 Å². The van der Waals surface area contributed by atoms with Gasteiger partial charge in [-0.2, -0.15) is 0 Å². The SMILES string of the molecule is CC(C)OC(=O)c1ccc(NS(C)(=O)=O)cc1. The summed E-state index contributed by atoms with van der Waals surface area (Å²) in [7, 11) is -3.30. The molecule has 1 N–H and O–H groups in total. The highest BCUT2D eigenvalue weighted by molar-refractivity contribution is 7.92. The van der Waals surface area contributed by atoms with Gasteiger partial charge < -0.3 is 4.74 Å². The summed E-state index contributed by atoms with van der Waals surface area (Å²) in [6, 6.07) is 6.05. The van der Waals surface area contributed by atoms with Crippen LogP contribution in [0.1, 0.15) is 24.2 Å². The molecule has 0 radical (unpaired) electrons. The van der Waals surface area contributed by atoms with Crippen molar-refractivity contribution in [2.24, 2.45) is 0 Å². The summed E-state index contributed by atoms with van der Waals surface area (Å²) in [5.74, 6) is -0.425. The minimum Gasteiger partial charge on any atom is -0.459 e. The lowest BCUT2D eigenvalue weighted by Gasteiger charge is -2.08. The fraction of sp³-hybridized carbons (Fsp3) is 0.364. The van der Waals surface area contributed by atoms with Crippen molar-refractivity contribution in [2.75, 3.05) is 11.0 Å². The second kappa shape index (κ2) is 5.18. The number of anilines is 1. The van der Waals surface area contributed by atoms with E-state index in [0.717, 1.165) is 6.26 Å². The first-order valence-corrected chi connectivity index (χ1v) is 6.96. The maximum Gasteiger partial charge on any atom is 0.338 e. The third-order valence-electron chi connectivity index (χ3n) is 1.77. The normalized spacial score (nSPS) is 11.3. The Morgan fingerprint density at radius 2 is 1.76 bits per heavy atom. The van der Waals surface area contributed by atoms with E-state index in [1.54, 1.807) is 13.8 Å². The van der Waals surface area contributed by atoms with E-state index in [9.17, 15) is 13.2 Å². The van der Waals surface area contributed by atoms with Gasteiger partial charge in [0.25, 0.3) is 0 Å². The van der Waals surface area contributed by atoms with E-state index in [4.69, 9.17) is 4.74 Å². The molecule has 0 atom stereocenters. The fourth-order valence-corrected chi connectivity index (χ4v) is 1.73. The lowest BCUT2D eigenvalue weighted by molar-refractivity contribution is 0.0378. The number of ether oxygens (including phenoxy) is 1. The number of benzene rings is 1.